The van der Waals surface area contributed by atoms with Crippen LogP contribution in [0.3, 0.4) is 0 Å². The number of hydrogen-bond donors (Lipinski definition) is 3. The maximum atomic E-state index is 12.3. The number of carbonyl (C=O) groups excluding carboxylic acids is 1. The molecule has 0 bridgehead atoms. The molecule has 1 saturated heterocycles. The van der Waals surface area contributed by atoms with E-state index < -0.39 is 0 Å². The van der Waals surface area contributed by atoms with Gasteiger partial charge in [-0.1, -0.05) is 6.07 Å². The summed E-state index contributed by atoms with van der Waals surface area (Å²) < 4.78 is 5.12. The van der Waals surface area contributed by atoms with Crippen molar-refractivity contribution in [2.45, 2.75) is 25.3 Å². The van der Waals surface area contributed by atoms with Crippen molar-refractivity contribution in [3.8, 4) is 5.75 Å². The van der Waals surface area contributed by atoms with Crippen LogP contribution in [0.4, 0.5) is 10.5 Å². The van der Waals surface area contributed by atoms with Crippen LogP contribution in [0.1, 0.15) is 19.3 Å². The van der Waals surface area contributed by atoms with Gasteiger partial charge in [-0.2, -0.15) is 0 Å². The molecule has 1 atom stereocenters. The van der Waals surface area contributed by atoms with Crippen molar-refractivity contribution in [3.63, 3.8) is 0 Å². The second-order valence-electron chi connectivity index (χ2n) is 4.82. The van der Waals surface area contributed by atoms with Gasteiger partial charge in [0.05, 0.1) is 13.2 Å². The minimum atomic E-state index is -0.297. The first kappa shape index (κ1) is 14.2. The number of urea groups is 1. The SMILES string of the molecule is COc1cccc(NC(=O)N2CCCCC2C(=N)N)c1. The summed E-state index contributed by atoms with van der Waals surface area (Å²) in [5.41, 5.74) is 6.24. The van der Waals surface area contributed by atoms with Crippen LogP contribution in [0, 0.1) is 5.41 Å². The third kappa shape index (κ3) is 3.20. The van der Waals surface area contributed by atoms with Gasteiger partial charge in [0.1, 0.15) is 11.6 Å². The highest BCUT2D eigenvalue weighted by molar-refractivity contribution is 5.94. The zero-order valence-electron chi connectivity index (χ0n) is 11.6. The molecule has 0 aliphatic carbocycles. The molecule has 1 aromatic rings. The predicted molar refractivity (Wildman–Crippen MR) is 78.3 cm³/mol. The number of benzene rings is 1. The molecule has 1 aliphatic heterocycles. The van der Waals surface area contributed by atoms with Gasteiger partial charge in [0.2, 0.25) is 0 Å². The first-order valence-corrected chi connectivity index (χ1v) is 6.67. The molecule has 0 saturated carbocycles. The number of hydrogen-bond acceptors (Lipinski definition) is 3. The molecule has 4 N–H and O–H groups in total. The molecular formula is C14H20N4O2. The van der Waals surface area contributed by atoms with Gasteiger partial charge in [-0.15, -0.1) is 0 Å². The van der Waals surface area contributed by atoms with Crippen LogP contribution in [0.5, 0.6) is 5.75 Å². The summed E-state index contributed by atoms with van der Waals surface area (Å²) in [6.07, 6.45) is 2.68. The summed E-state index contributed by atoms with van der Waals surface area (Å²) >= 11 is 0. The number of nitrogens with two attached hydrogens (primary N) is 1. The summed E-state index contributed by atoms with van der Waals surface area (Å²) in [6.45, 7) is 0.625. The number of amidine groups is 1. The van der Waals surface area contributed by atoms with Crippen molar-refractivity contribution in [3.05, 3.63) is 24.3 Å². The second-order valence-corrected chi connectivity index (χ2v) is 4.82. The van der Waals surface area contributed by atoms with Crippen LogP contribution in [0.15, 0.2) is 24.3 Å². The maximum absolute atomic E-state index is 12.3. The van der Waals surface area contributed by atoms with Crippen LogP contribution in [0.2, 0.25) is 0 Å². The van der Waals surface area contributed by atoms with E-state index in [1.165, 1.54) is 0 Å². The fourth-order valence-corrected chi connectivity index (χ4v) is 2.39. The number of amides is 2. The number of piperidine rings is 1. The van der Waals surface area contributed by atoms with E-state index in [1.54, 1.807) is 24.1 Å². The van der Waals surface area contributed by atoms with E-state index >= 15 is 0 Å². The average molecular weight is 276 g/mol. The topological polar surface area (TPSA) is 91.4 Å². The number of carbonyl (C=O) groups is 1. The van der Waals surface area contributed by atoms with Crippen molar-refractivity contribution in [1.29, 1.82) is 5.41 Å². The quantitative estimate of drug-likeness (QED) is 0.582. The Kier molecular flexibility index (Phi) is 4.45. The lowest BCUT2D eigenvalue weighted by Gasteiger charge is -2.34. The Labute approximate surface area is 118 Å². The van der Waals surface area contributed by atoms with Crippen LogP contribution < -0.4 is 15.8 Å². The molecule has 1 heterocycles. The van der Waals surface area contributed by atoms with Crippen molar-refractivity contribution < 1.29 is 9.53 Å². The Morgan fingerprint density at radius 1 is 1.50 bits per heavy atom. The number of nitrogens with one attached hydrogen (secondary N) is 2. The van der Waals surface area contributed by atoms with Crippen molar-refractivity contribution in [2.24, 2.45) is 5.73 Å². The number of methoxy groups -OCH3 is 1. The molecule has 0 aromatic heterocycles. The molecule has 2 rings (SSSR count). The fraction of sp³-hybridized carbons (Fsp3) is 0.429. The fourth-order valence-electron chi connectivity index (χ4n) is 2.39. The summed E-state index contributed by atoms with van der Waals surface area (Å²) in [7, 11) is 1.58. The summed E-state index contributed by atoms with van der Waals surface area (Å²) in [6, 6.07) is 6.66. The zero-order chi connectivity index (χ0) is 14.5. The number of rotatable bonds is 3. The third-order valence-electron chi connectivity index (χ3n) is 3.44. The van der Waals surface area contributed by atoms with Gasteiger partial charge in [-0.05, 0) is 31.4 Å². The van der Waals surface area contributed by atoms with Crippen LogP contribution in [-0.2, 0) is 0 Å². The first-order valence-electron chi connectivity index (χ1n) is 6.67. The number of nitrogens with zero attached hydrogens (tertiary/aromatic N) is 1. The molecule has 1 unspecified atom stereocenters. The number of ether oxygens (including phenoxy) is 1. The zero-order valence-corrected chi connectivity index (χ0v) is 11.6. The van der Waals surface area contributed by atoms with Gasteiger partial charge >= 0.3 is 6.03 Å². The predicted octanol–water partition coefficient (Wildman–Crippen LogP) is 2.02. The van der Waals surface area contributed by atoms with E-state index in [1.807, 2.05) is 12.1 Å². The molecular weight excluding hydrogens is 256 g/mol. The summed E-state index contributed by atoms with van der Waals surface area (Å²) in [4.78, 5) is 13.9. The van der Waals surface area contributed by atoms with Crippen molar-refractivity contribution in [1.82, 2.24) is 4.90 Å². The maximum Gasteiger partial charge on any atom is 0.322 e. The largest absolute Gasteiger partial charge is 0.497 e. The molecule has 1 fully saturated rings. The molecule has 20 heavy (non-hydrogen) atoms. The molecule has 2 amide bonds. The highest BCUT2D eigenvalue weighted by atomic mass is 16.5. The van der Waals surface area contributed by atoms with Crippen molar-refractivity contribution >= 4 is 17.6 Å². The highest BCUT2D eigenvalue weighted by Gasteiger charge is 2.28. The Morgan fingerprint density at radius 2 is 2.30 bits per heavy atom. The van der Waals surface area contributed by atoms with Crippen LogP contribution in [-0.4, -0.2) is 36.5 Å². The lowest BCUT2D eigenvalue weighted by Crippen LogP contribution is -2.51. The van der Waals surface area contributed by atoms with Gasteiger partial charge < -0.3 is 20.7 Å². The Hall–Kier alpha value is -2.24. The minimum Gasteiger partial charge on any atom is -0.497 e. The van der Waals surface area contributed by atoms with E-state index in [2.05, 4.69) is 5.32 Å². The van der Waals surface area contributed by atoms with Crippen molar-refractivity contribution in [2.75, 3.05) is 19.0 Å². The average Bonchev–Trinajstić information content (AvgIpc) is 2.47. The standard InChI is InChI=1S/C14H20N4O2/c1-20-11-6-4-5-10(9-11)17-14(19)18-8-3-2-7-12(18)13(15)16/h4-6,9,12H,2-3,7-8H2,1H3,(H3,15,16)(H,17,19). The van der Waals surface area contributed by atoms with Crippen LogP contribution in [0.25, 0.3) is 0 Å². The lowest BCUT2D eigenvalue weighted by atomic mass is 10.0. The smallest absolute Gasteiger partial charge is 0.322 e. The Balaban J connectivity index is 2.07. The minimum absolute atomic E-state index is 0.0468. The first-order chi connectivity index (χ1) is 9.61. The molecule has 0 spiro atoms. The molecule has 6 nitrogen and oxygen atoms in total. The van der Waals surface area contributed by atoms with Crippen LogP contribution >= 0.6 is 0 Å². The highest BCUT2D eigenvalue weighted by Crippen LogP contribution is 2.20. The molecule has 1 aromatic carbocycles. The van der Waals surface area contributed by atoms with E-state index in [9.17, 15) is 4.79 Å². The Bertz CT molecular complexity index is 504. The second kappa shape index (κ2) is 6.27. The van der Waals surface area contributed by atoms with Gasteiger partial charge in [0.15, 0.2) is 0 Å². The lowest BCUT2D eigenvalue weighted by molar-refractivity contribution is 0.185. The van der Waals surface area contributed by atoms with E-state index in [0.29, 0.717) is 18.0 Å². The van der Waals surface area contributed by atoms with E-state index in [0.717, 1.165) is 19.3 Å². The van der Waals surface area contributed by atoms with E-state index in [-0.39, 0.29) is 17.9 Å². The van der Waals surface area contributed by atoms with Gasteiger partial charge in [-0.25, -0.2) is 4.79 Å². The summed E-state index contributed by atoms with van der Waals surface area (Å²) in [5.74, 6) is 0.732. The van der Waals surface area contributed by atoms with Gasteiger partial charge in [0.25, 0.3) is 0 Å². The number of anilines is 1. The third-order valence-corrected chi connectivity index (χ3v) is 3.44. The molecule has 0 radical (unpaired) electrons. The molecule has 108 valence electrons. The van der Waals surface area contributed by atoms with E-state index in [4.69, 9.17) is 15.9 Å². The molecule has 1 aliphatic rings. The Morgan fingerprint density at radius 3 is 3.00 bits per heavy atom. The normalized spacial score (nSPS) is 18.4. The monoisotopic (exact) mass is 276 g/mol. The van der Waals surface area contributed by atoms with Gasteiger partial charge in [-0.3, -0.25) is 5.41 Å². The molecule has 6 heteroatoms. The number of likely N-dealkylation sites (tertiary alicyclic amines) is 1. The van der Waals surface area contributed by atoms with Gasteiger partial charge in [0, 0.05) is 18.3 Å². The summed E-state index contributed by atoms with van der Waals surface area (Å²) in [5, 5.41) is 10.4.